The van der Waals surface area contributed by atoms with Crippen molar-refractivity contribution >= 4 is 0 Å². The van der Waals surface area contributed by atoms with E-state index >= 15 is 0 Å². The molecule has 0 bridgehead atoms. The molecule has 2 fully saturated rings. The van der Waals surface area contributed by atoms with E-state index in [-0.39, 0.29) is 0 Å². The quantitative estimate of drug-likeness (QED) is 0.542. The van der Waals surface area contributed by atoms with Gasteiger partial charge in [-0.05, 0) is 25.7 Å². The summed E-state index contributed by atoms with van der Waals surface area (Å²) in [4.78, 5) is 0. The normalized spacial score (nSPS) is 26.1. The van der Waals surface area contributed by atoms with Gasteiger partial charge < -0.3 is 4.48 Å². The highest BCUT2D eigenvalue weighted by atomic mass is 15.4. The van der Waals surface area contributed by atoms with Crippen LogP contribution >= 0.6 is 0 Å². The van der Waals surface area contributed by atoms with Gasteiger partial charge in [0, 0.05) is 18.3 Å². The minimum atomic E-state index is 1.00. The van der Waals surface area contributed by atoms with E-state index in [0.717, 1.165) is 17.9 Å². The molecule has 2 rings (SSSR count). The van der Waals surface area contributed by atoms with E-state index in [4.69, 9.17) is 0 Å². The molecule has 1 heteroatoms. The fourth-order valence-corrected chi connectivity index (χ4v) is 4.98. The standard InChI is InChI=1S/C18H36N/c1-4-6-11-16(10-5-2)18(17-12-7-8-13-17)19(3)14-9-15-19/h16-18H,4-15H2,1-3H3/q+1. The summed E-state index contributed by atoms with van der Waals surface area (Å²) in [6.07, 6.45) is 14.8. The Morgan fingerprint density at radius 1 is 0.947 bits per heavy atom. The van der Waals surface area contributed by atoms with Crippen LogP contribution in [0.5, 0.6) is 0 Å². The third-order valence-corrected chi connectivity index (χ3v) is 6.01. The van der Waals surface area contributed by atoms with Crippen LogP contribution in [0.25, 0.3) is 0 Å². The lowest BCUT2D eigenvalue weighted by atomic mass is 9.78. The first-order valence-corrected chi connectivity index (χ1v) is 9.05. The Morgan fingerprint density at radius 3 is 2.11 bits per heavy atom. The lowest BCUT2D eigenvalue weighted by Gasteiger charge is -2.53. The predicted octanol–water partition coefficient (Wildman–Crippen LogP) is 5.00. The van der Waals surface area contributed by atoms with Crippen molar-refractivity contribution in [1.29, 1.82) is 0 Å². The molecule has 1 aliphatic heterocycles. The highest BCUT2D eigenvalue weighted by Gasteiger charge is 2.47. The Morgan fingerprint density at radius 2 is 1.63 bits per heavy atom. The van der Waals surface area contributed by atoms with E-state index in [1.54, 1.807) is 0 Å². The number of rotatable bonds is 8. The highest BCUT2D eigenvalue weighted by molar-refractivity contribution is 4.84. The Labute approximate surface area is 121 Å². The van der Waals surface area contributed by atoms with Gasteiger partial charge in [-0.15, -0.1) is 0 Å². The van der Waals surface area contributed by atoms with E-state index in [2.05, 4.69) is 20.9 Å². The lowest BCUT2D eigenvalue weighted by molar-refractivity contribution is -0.975. The summed E-state index contributed by atoms with van der Waals surface area (Å²) in [6.45, 7) is 7.68. The van der Waals surface area contributed by atoms with Gasteiger partial charge in [-0.2, -0.15) is 0 Å². The Bertz CT molecular complexity index is 250. The molecule has 1 nitrogen and oxygen atoms in total. The van der Waals surface area contributed by atoms with Gasteiger partial charge in [0.25, 0.3) is 0 Å². The van der Waals surface area contributed by atoms with Crippen molar-refractivity contribution in [3.8, 4) is 0 Å². The zero-order chi connectivity index (χ0) is 13.7. The summed E-state index contributed by atoms with van der Waals surface area (Å²) in [5, 5.41) is 0. The number of hydrogen-bond acceptors (Lipinski definition) is 0. The van der Waals surface area contributed by atoms with Crippen LogP contribution in [0.1, 0.15) is 78.1 Å². The van der Waals surface area contributed by atoms with Gasteiger partial charge in [-0.1, -0.05) is 46.0 Å². The molecule has 0 aromatic heterocycles. The fraction of sp³-hybridized carbons (Fsp3) is 1.00. The SMILES string of the molecule is CCCCC(CCC)C(C1CCCC1)[N+]1(C)CCC1. The average molecular weight is 266 g/mol. The van der Waals surface area contributed by atoms with Gasteiger partial charge in [0.1, 0.15) is 0 Å². The van der Waals surface area contributed by atoms with Crippen molar-refractivity contribution in [3.63, 3.8) is 0 Å². The molecule has 0 amide bonds. The first kappa shape index (κ1) is 15.4. The maximum atomic E-state index is 2.57. The monoisotopic (exact) mass is 266 g/mol. The van der Waals surface area contributed by atoms with E-state index < -0.39 is 0 Å². The predicted molar refractivity (Wildman–Crippen MR) is 84.2 cm³/mol. The average Bonchev–Trinajstić information content (AvgIpc) is 2.87. The molecular weight excluding hydrogens is 230 g/mol. The third kappa shape index (κ3) is 3.54. The second-order valence-corrected chi connectivity index (χ2v) is 7.51. The van der Waals surface area contributed by atoms with Crippen LogP contribution in [-0.4, -0.2) is 30.7 Å². The highest BCUT2D eigenvalue weighted by Crippen LogP contribution is 2.42. The van der Waals surface area contributed by atoms with Crippen LogP contribution in [-0.2, 0) is 0 Å². The van der Waals surface area contributed by atoms with Crippen molar-refractivity contribution in [2.75, 3.05) is 20.1 Å². The zero-order valence-electron chi connectivity index (χ0n) is 13.7. The summed E-state index contributed by atoms with van der Waals surface area (Å²) >= 11 is 0. The molecule has 0 spiro atoms. The minimum absolute atomic E-state index is 1.00. The largest absolute Gasteiger partial charge is 0.323 e. The number of likely N-dealkylation sites (tertiary alicyclic amines) is 1. The first-order valence-electron chi connectivity index (χ1n) is 9.05. The Kier molecular flexibility index (Phi) is 5.74. The molecule has 112 valence electrons. The summed E-state index contributed by atoms with van der Waals surface area (Å²) in [7, 11) is 2.57. The maximum Gasteiger partial charge on any atom is 0.0945 e. The van der Waals surface area contributed by atoms with Gasteiger partial charge in [0.2, 0.25) is 0 Å². The third-order valence-electron chi connectivity index (χ3n) is 6.01. The maximum absolute atomic E-state index is 2.57. The topological polar surface area (TPSA) is 0 Å². The summed E-state index contributed by atoms with van der Waals surface area (Å²) in [5.41, 5.74) is 0. The molecule has 19 heavy (non-hydrogen) atoms. The zero-order valence-corrected chi connectivity index (χ0v) is 13.7. The molecule has 2 atom stereocenters. The van der Waals surface area contributed by atoms with Crippen LogP contribution in [0, 0.1) is 11.8 Å². The fourth-order valence-electron chi connectivity index (χ4n) is 4.98. The second-order valence-electron chi connectivity index (χ2n) is 7.51. The Balaban J connectivity index is 2.08. The van der Waals surface area contributed by atoms with Gasteiger partial charge >= 0.3 is 0 Å². The van der Waals surface area contributed by atoms with Gasteiger partial charge in [-0.25, -0.2) is 0 Å². The van der Waals surface area contributed by atoms with Gasteiger partial charge in [-0.3, -0.25) is 0 Å². The molecule has 0 aromatic carbocycles. The summed E-state index contributed by atoms with van der Waals surface area (Å²) in [5.74, 6) is 2.07. The molecule has 1 saturated carbocycles. The number of unbranched alkanes of at least 4 members (excludes halogenated alkanes) is 1. The molecule has 0 aromatic rings. The molecule has 2 aliphatic rings. The molecular formula is C18H36N+. The van der Waals surface area contributed by atoms with Crippen LogP contribution in [0.2, 0.25) is 0 Å². The van der Waals surface area contributed by atoms with Crippen molar-refractivity contribution < 1.29 is 4.48 Å². The molecule has 0 N–H and O–H groups in total. The summed E-state index contributed by atoms with van der Waals surface area (Å²) < 4.78 is 1.43. The van der Waals surface area contributed by atoms with Crippen molar-refractivity contribution in [3.05, 3.63) is 0 Å². The van der Waals surface area contributed by atoms with Crippen LogP contribution < -0.4 is 0 Å². The van der Waals surface area contributed by atoms with Crippen LogP contribution in [0.15, 0.2) is 0 Å². The van der Waals surface area contributed by atoms with Gasteiger partial charge in [0.05, 0.1) is 26.2 Å². The summed E-state index contributed by atoms with van der Waals surface area (Å²) in [6, 6.07) is 1.00. The van der Waals surface area contributed by atoms with Crippen LogP contribution in [0.3, 0.4) is 0 Å². The van der Waals surface area contributed by atoms with Crippen LogP contribution in [0.4, 0.5) is 0 Å². The first-order chi connectivity index (χ1) is 9.21. The van der Waals surface area contributed by atoms with Crippen molar-refractivity contribution in [2.24, 2.45) is 11.8 Å². The van der Waals surface area contributed by atoms with E-state index in [1.807, 2.05) is 0 Å². The molecule has 1 saturated heterocycles. The van der Waals surface area contributed by atoms with Gasteiger partial charge in [0.15, 0.2) is 0 Å². The molecule has 0 radical (unpaired) electrons. The molecule has 1 aliphatic carbocycles. The van der Waals surface area contributed by atoms with E-state index in [0.29, 0.717) is 0 Å². The Hall–Kier alpha value is -0.0400. The van der Waals surface area contributed by atoms with Crippen molar-refractivity contribution in [1.82, 2.24) is 0 Å². The number of quaternary nitrogens is 1. The van der Waals surface area contributed by atoms with E-state index in [9.17, 15) is 0 Å². The van der Waals surface area contributed by atoms with E-state index in [1.165, 1.54) is 81.8 Å². The lowest BCUT2D eigenvalue weighted by Crippen LogP contribution is -2.65. The molecule has 2 unspecified atom stereocenters. The second kappa shape index (κ2) is 7.11. The smallest absolute Gasteiger partial charge is 0.0945 e. The number of hydrogen-bond donors (Lipinski definition) is 0. The number of nitrogens with zero attached hydrogens (tertiary/aromatic N) is 1. The minimum Gasteiger partial charge on any atom is -0.323 e. The molecule has 1 heterocycles. The van der Waals surface area contributed by atoms with Crippen molar-refractivity contribution in [2.45, 2.75) is 84.1 Å².